The first kappa shape index (κ1) is 17.1. The van der Waals surface area contributed by atoms with Gasteiger partial charge in [-0.15, -0.1) is 0 Å². The molecule has 2 aromatic carbocycles. The maximum absolute atomic E-state index is 6.51. The molecule has 4 rings (SSSR count). The van der Waals surface area contributed by atoms with Crippen LogP contribution in [0, 0.1) is 36.5 Å². The minimum Gasteiger partial charge on any atom is -0.371 e. The molecule has 0 amide bonds. The van der Waals surface area contributed by atoms with Crippen LogP contribution in [-0.4, -0.2) is 6.61 Å². The van der Waals surface area contributed by atoms with Crippen molar-refractivity contribution in [1.82, 2.24) is 0 Å². The second-order valence-electron chi connectivity index (χ2n) is 9.26. The van der Waals surface area contributed by atoms with Gasteiger partial charge >= 0.3 is 0 Å². The first-order valence-electron chi connectivity index (χ1n) is 10.00. The fraction of sp³-hybridized carbons (Fsp3) is 0.583. The Morgan fingerprint density at radius 3 is 2.40 bits per heavy atom. The maximum atomic E-state index is 6.51. The number of hydrogen-bond acceptors (Lipinski definition) is 1. The second kappa shape index (κ2) is 6.13. The van der Waals surface area contributed by atoms with Gasteiger partial charge in [0.25, 0.3) is 0 Å². The summed E-state index contributed by atoms with van der Waals surface area (Å²) in [6, 6.07) is 13.5. The van der Waals surface area contributed by atoms with Crippen LogP contribution in [0.4, 0.5) is 0 Å². The minimum atomic E-state index is -0.226. The summed E-state index contributed by atoms with van der Waals surface area (Å²) in [5, 5.41) is 2.62. The monoisotopic (exact) mass is 336 g/mol. The lowest BCUT2D eigenvalue weighted by molar-refractivity contribution is -0.0539. The van der Waals surface area contributed by atoms with Crippen LogP contribution in [0.3, 0.4) is 0 Å². The van der Waals surface area contributed by atoms with Gasteiger partial charge in [-0.3, -0.25) is 0 Å². The molecule has 0 aromatic heterocycles. The van der Waals surface area contributed by atoms with Crippen molar-refractivity contribution >= 4 is 10.8 Å². The zero-order valence-electron chi connectivity index (χ0n) is 16.4. The van der Waals surface area contributed by atoms with Gasteiger partial charge in [-0.2, -0.15) is 0 Å². The van der Waals surface area contributed by atoms with Gasteiger partial charge in [0.1, 0.15) is 0 Å². The van der Waals surface area contributed by atoms with Gasteiger partial charge in [-0.05, 0) is 85.6 Å². The van der Waals surface area contributed by atoms with Gasteiger partial charge in [0.15, 0.2) is 0 Å². The third-order valence-electron chi connectivity index (χ3n) is 7.38. The van der Waals surface area contributed by atoms with Crippen molar-refractivity contribution in [2.24, 2.45) is 29.6 Å². The van der Waals surface area contributed by atoms with E-state index in [0.717, 1.165) is 36.2 Å². The lowest BCUT2D eigenvalue weighted by Gasteiger charge is -2.34. The van der Waals surface area contributed by atoms with E-state index in [1.165, 1.54) is 34.7 Å². The van der Waals surface area contributed by atoms with Gasteiger partial charge in [-0.25, -0.2) is 0 Å². The molecule has 5 unspecified atom stereocenters. The Balaban J connectivity index is 1.48. The van der Waals surface area contributed by atoms with E-state index in [1.807, 2.05) is 0 Å². The number of benzene rings is 2. The topological polar surface area (TPSA) is 9.23 Å². The second-order valence-corrected chi connectivity index (χ2v) is 9.26. The number of fused-ring (bicyclic) bond motifs is 3. The summed E-state index contributed by atoms with van der Waals surface area (Å²) in [5.74, 6) is 4.38. The molecule has 2 aliphatic rings. The van der Waals surface area contributed by atoms with Crippen molar-refractivity contribution in [3.05, 3.63) is 47.5 Å². The van der Waals surface area contributed by atoms with Crippen LogP contribution in [0.15, 0.2) is 36.4 Å². The number of ether oxygens (including phenoxy) is 1. The molecule has 5 atom stereocenters. The first-order valence-corrected chi connectivity index (χ1v) is 10.00. The largest absolute Gasteiger partial charge is 0.371 e. The molecule has 0 radical (unpaired) electrons. The van der Waals surface area contributed by atoms with Crippen LogP contribution in [-0.2, 0) is 10.3 Å². The standard InChI is InChI=1S/C24H32O/c1-15-6-7-19-12-22(9-8-18(19)10-15)24(4,5)25-14-21-11-20-13-23(21)17(3)16(20)2/h6-10,12,16-17,20-21,23H,11,13-14H2,1-5H3. The minimum absolute atomic E-state index is 0.226. The fourth-order valence-corrected chi connectivity index (χ4v) is 5.42. The smallest absolute Gasteiger partial charge is 0.0875 e. The van der Waals surface area contributed by atoms with Gasteiger partial charge in [0, 0.05) is 0 Å². The Labute approximate surface area is 152 Å². The van der Waals surface area contributed by atoms with Crippen molar-refractivity contribution in [1.29, 1.82) is 0 Å². The van der Waals surface area contributed by atoms with Gasteiger partial charge < -0.3 is 4.74 Å². The molecule has 0 saturated heterocycles. The van der Waals surface area contributed by atoms with E-state index in [9.17, 15) is 0 Å². The van der Waals surface area contributed by atoms with Crippen molar-refractivity contribution in [2.75, 3.05) is 6.61 Å². The highest BCUT2D eigenvalue weighted by Gasteiger charge is 2.48. The van der Waals surface area contributed by atoms with Crippen LogP contribution < -0.4 is 0 Å². The van der Waals surface area contributed by atoms with Crippen molar-refractivity contribution < 1.29 is 4.74 Å². The highest BCUT2D eigenvalue weighted by molar-refractivity contribution is 5.84. The summed E-state index contributed by atoms with van der Waals surface area (Å²) >= 11 is 0. The van der Waals surface area contributed by atoms with Crippen LogP contribution >= 0.6 is 0 Å². The summed E-state index contributed by atoms with van der Waals surface area (Å²) in [4.78, 5) is 0. The van der Waals surface area contributed by atoms with E-state index < -0.39 is 0 Å². The fourth-order valence-electron chi connectivity index (χ4n) is 5.42. The highest BCUT2D eigenvalue weighted by atomic mass is 16.5. The molecule has 2 saturated carbocycles. The lowest BCUT2D eigenvalue weighted by Crippen LogP contribution is -2.31. The predicted molar refractivity (Wildman–Crippen MR) is 106 cm³/mol. The molecule has 134 valence electrons. The predicted octanol–water partition coefficient (Wildman–Crippen LogP) is 6.33. The summed E-state index contributed by atoms with van der Waals surface area (Å²) in [7, 11) is 0. The molecule has 0 heterocycles. The molecule has 25 heavy (non-hydrogen) atoms. The Morgan fingerprint density at radius 2 is 1.68 bits per heavy atom. The summed E-state index contributed by atoms with van der Waals surface area (Å²) in [6.07, 6.45) is 2.81. The van der Waals surface area contributed by atoms with E-state index in [4.69, 9.17) is 4.74 Å². The normalized spacial score (nSPS) is 31.8. The molecule has 2 aliphatic carbocycles. The van der Waals surface area contributed by atoms with Gasteiger partial charge in [0.2, 0.25) is 0 Å². The number of rotatable bonds is 4. The lowest BCUT2D eigenvalue weighted by atomic mass is 9.76. The van der Waals surface area contributed by atoms with E-state index in [1.54, 1.807) is 0 Å². The molecular weight excluding hydrogens is 304 g/mol. The molecule has 2 bridgehead atoms. The SMILES string of the molecule is Cc1ccc2cc(C(C)(C)OCC3CC4CC3C(C)C4C)ccc2c1. The van der Waals surface area contributed by atoms with Crippen molar-refractivity contribution in [3.8, 4) is 0 Å². The van der Waals surface area contributed by atoms with E-state index in [-0.39, 0.29) is 5.60 Å². The van der Waals surface area contributed by atoms with E-state index in [2.05, 4.69) is 71.0 Å². The Morgan fingerprint density at radius 1 is 0.960 bits per heavy atom. The molecule has 1 nitrogen and oxygen atoms in total. The number of aryl methyl sites for hydroxylation is 1. The Hall–Kier alpha value is -1.34. The molecular formula is C24H32O. The van der Waals surface area contributed by atoms with Crippen molar-refractivity contribution in [3.63, 3.8) is 0 Å². The van der Waals surface area contributed by atoms with Crippen molar-refractivity contribution in [2.45, 2.75) is 53.1 Å². The first-order chi connectivity index (χ1) is 11.8. The molecule has 2 fully saturated rings. The van der Waals surface area contributed by atoms with Gasteiger partial charge in [-0.1, -0.05) is 49.7 Å². The summed E-state index contributed by atoms with van der Waals surface area (Å²) in [6.45, 7) is 12.4. The van der Waals surface area contributed by atoms with Crippen LogP contribution in [0.1, 0.15) is 51.7 Å². The van der Waals surface area contributed by atoms with Gasteiger partial charge in [0.05, 0.1) is 12.2 Å². The maximum Gasteiger partial charge on any atom is 0.0875 e. The van der Waals surface area contributed by atoms with E-state index in [0.29, 0.717) is 0 Å². The average Bonchev–Trinajstić information content (AvgIpc) is 3.12. The quantitative estimate of drug-likeness (QED) is 0.634. The number of hydrogen-bond donors (Lipinski definition) is 0. The van der Waals surface area contributed by atoms with Crippen LogP contribution in [0.25, 0.3) is 10.8 Å². The molecule has 0 spiro atoms. The molecule has 0 aliphatic heterocycles. The molecule has 0 N–H and O–H groups in total. The summed E-state index contributed by atoms with van der Waals surface area (Å²) < 4.78 is 6.51. The third kappa shape index (κ3) is 3.01. The molecule has 2 aromatic rings. The third-order valence-corrected chi connectivity index (χ3v) is 7.38. The summed E-state index contributed by atoms with van der Waals surface area (Å²) in [5.41, 5.74) is 2.37. The highest BCUT2D eigenvalue weighted by Crippen LogP contribution is 2.55. The molecule has 1 heteroatoms. The Kier molecular flexibility index (Phi) is 4.19. The van der Waals surface area contributed by atoms with E-state index >= 15 is 0 Å². The van der Waals surface area contributed by atoms with Crippen LogP contribution in [0.2, 0.25) is 0 Å². The zero-order chi connectivity index (χ0) is 17.8. The van der Waals surface area contributed by atoms with Crippen LogP contribution in [0.5, 0.6) is 0 Å². The Bertz CT molecular complexity index is 773. The average molecular weight is 337 g/mol. The zero-order valence-corrected chi connectivity index (χ0v) is 16.4.